The highest BCUT2D eigenvalue weighted by Gasteiger charge is 2.14. The fraction of sp³-hybridized carbons (Fsp3) is 0.100. The monoisotopic (exact) mass is 378 g/mol. The fourth-order valence-electron chi connectivity index (χ4n) is 3.03. The molecule has 0 saturated heterocycles. The largest absolute Gasteiger partial charge is 0.332 e. The number of hydrogen-bond acceptors (Lipinski definition) is 4. The molecule has 7 heteroatoms. The van der Waals surface area contributed by atoms with Gasteiger partial charge in [0.25, 0.3) is 5.56 Å². The van der Waals surface area contributed by atoms with Crippen molar-refractivity contribution in [2.45, 2.75) is 13.1 Å². The van der Waals surface area contributed by atoms with E-state index in [0.717, 1.165) is 11.1 Å². The van der Waals surface area contributed by atoms with Crippen LogP contribution >= 0.6 is 11.6 Å². The molecule has 0 saturated carbocycles. The van der Waals surface area contributed by atoms with E-state index in [1.54, 1.807) is 53.5 Å². The highest BCUT2D eigenvalue weighted by atomic mass is 35.5. The third kappa shape index (κ3) is 3.39. The number of aromatic nitrogens is 4. The van der Waals surface area contributed by atoms with Gasteiger partial charge in [0.05, 0.1) is 18.6 Å². The topological polar surface area (TPSA) is 69.8 Å². The molecule has 0 bridgehead atoms. The van der Waals surface area contributed by atoms with E-state index in [2.05, 4.69) is 9.97 Å². The molecule has 3 aromatic heterocycles. The molecule has 3 heterocycles. The third-order valence-corrected chi connectivity index (χ3v) is 4.52. The number of benzene rings is 1. The van der Waals surface area contributed by atoms with Gasteiger partial charge in [-0.05, 0) is 41.5 Å². The van der Waals surface area contributed by atoms with E-state index in [0.29, 0.717) is 10.5 Å². The molecule has 0 amide bonds. The summed E-state index contributed by atoms with van der Waals surface area (Å²) in [5, 5.41) is 0.590. The summed E-state index contributed by atoms with van der Waals surface area (Å²) in [5.74, 6) is 0. The van der Waals surface area contributed by atoms with Crippen molar-refractivity contribution in [3.05, 3.63) is 104 Å². The Kier molecular flexibility index (Phi) is 4.56. The van der Waals surface area contributed by atoms with Crippen LogP contribution in [0.4, 0.5) is 0 Å². The van der Waals surface area contributed by atoms with Crippen molar-refractivity contribution in [3.63, 3.8) is 0 Å². The summed E-state index contributed by atoms with van der Waals surface area (Å²) in [5.41, 5.74) is 1.56. The van der Waals surface area contributed by atoms with Gasteiger partial charge >= 0.3 is 5.69 Å². The smallest absolute Gasteiger partial charge is 0.287 e. The quantitative estimate of drug-likeness (QED) is 0.547. The average Bonchev–Trinajstić information content (AvgIpc) is 2.69. The zero-order valence-electron chi connectivity index (χ0n) is 14.2. The van der Waals surface area contributed by atoms with Crippen LogP contribution in [-0.4, -0.2) is 19.1 Å². The molecule has 0 aliphatic rings. The second-order valence-corrected chi connectivity index (χ2v) is 6.56. The van der Waals surface area contributed by atoms with Crippen LogP contribution < -0.4 is 11.2 Å². The van der Waals surface area contributed by atoms with Gasteiger partial charge in [-0.3, -0.25) is 18.9 Å². The maximum Gasteiger partial charge on any atom is 0.332 e. The summed E-state index contributed by atoms with van der Waals surface area (Å²) < 4.78 is 2.74. The van der Waals surface area contributed by atoms with E-state index >= 15 is 0 Å². The molecule has 0 fully saturated rings. The van der Waals surface area contributed by atoms with Crippen molar-refractivity contribution in [2.75, 3.05) is 0 Å². The Morgan fingerprint density at radius 3 is 2.44 bits per heavy atom. The van der Waals surface area contributed by atoms with Crippen molar-refractivity contribution >= 4 is 22.6 Å². The van der Waals surface area contributed by atoms with Crippen molar-refractivity contribution in [2.24, 2.45) is 0 Å². The Hall–Kier alpha value is -3.25. The van der Waals surface area contributed by atoms with Crippen LogP contribution in [0.25, 0.3) is 11.0 Å². The molecular weight excluding hydrogens is 364 g/mol. The standard InChI is InChI=1S/C20H15ClN4O2/c21-16-6-1-4-14(10-16)12-24-17-7-3-9-23-18(17)19(26)25(20(24)27)13-15-5-2-8-22-11-15/h1-11H,12-13H2. The first-order valence-corrected chi connectivity index (χ1v) is 8.73. The summed E-state index contributed by atoms with van der Waals surface area (Å²) in [6.45, 7) is 0.419. The summed E-state index contributed by atoms with van der Waals surface area (Å²) >= 11 is 6.07. The lowest BCUT2D eigenvalue weighted by atomic mass is 10.2. The molecular formula is C20H15ClN4O2. The maximum atomic E-state index is 13.1. The fourth-order valence-corrected chi connectivity index (χ4v) is 3.24. The van der Waals surface area contributed by atoms with Gasteiger partial charge in [-0.1, -0.05) is 29.8 Å². The lowest BCUT2D eigenvalue weighted by molar-refractivity contribution is 0.632. The molecule has 0 unspecified atom stereocenters. The normalized spacial score (nSPS) is 11.0. The van der Waals surface area contributed by atoms with Crippen molar-refractivity contribution < 1.29 is 0 Å². The minimum atomic E-state index is -0.415. The van der Waals surface area contributed by atoms with Gasteiger partial charge < -0.3 is 0 Å². The van der Waals surface area contributed by atoms with Crippen LogP contribution in [0.1, 0.15) is 11.1 Å². The molecule has 27 heavy (non-hydrogen) atoms. The minimum absolute atomic E-state index is 0.133. The number of hydrogen-bond donors (Lipinski definition) is 0. The van der Waals surface area contributed by atoms with Crippen LogP contribution in [0.15, 0.2) is 76.7 Å². The molecule has 0 aliphatic carbocycles. The SMILES string of the molecule is O=c1c2ncccc2n(Cc2cccc(Cl)c2)c(=O)n1Cc1cccnc1. The zero-order valence-corrected chi connectivity index (χ0v) is 15.0. The first kappa shape index (κ1) is 17.2. The minimum Gasteiger partial charge on any atom is -0.287 e. The first-order valence-electron chi connectivity index (χ1n) is 8.35. The predicted octanol–water partition coefficient (Wildman–Crippen LogP) is 2.70. The highest BCUT2D eigenvalue weighted by Crippen LogP contribution is 2.13. The summed E-state index contributed by atoms with van der Waals surface area (Å²) in [7, 11) is 0. The summed E-state index contributed by atoms with van der Waals surface area (Å²) in [6, 6.07) is 14.3. The van der Waals surface area contributed by atoms with Crippen LogP contribution in [0.2, 0.25) is 5.02 Å². The van der Waals surface area contributed by atoms with Gasteiger partial charge in [0, 0.05) is 23.6 Å². The number of nitrogens with zero attached hydrogens (tertiary/aromatic N) is 4. The second-order valence-electron chi connectivity index (χ2n) is 6.12. The van der Waals surface area contributed by atoms with Gasteiger partial charge in [0.2, 0.25) is 0 Å². The van der Waals surface area contributed by atoms with Crippen LogP contribution in [0.5, 0.6) is 0 Å². The summed E-state index contributed by atoms with van der Waals surface area (Å²) in [6.07, 6.45) is 4.83. The molecule has 1 aromatic carbocycles. The molecule has 4 aromatic rings. The maximum absolute atomic E-state index is 13.1. The molecule has 0 spiro atoms. The van der Waals surface area contributed by atoms with Crippen LogP contribution in [0, 0.1) is 0 Å². The Bertz CT molecular complexity index is 1230. The van der Waals surface area contributed by atoms with E-state index < -0.39 is 11.2 Å². The number of rotatable bonds is 4. The van der Waals surface area contributed by atoms with E-state index in [1.165, 1.54) is 4.57 Å². The van der Waals surface area contributed by atoms with Crippen molar-refractivity contribution in [1.82, 2.24) is 19.1 Å². The molecule has 0 aliphatic heterocycles. The lowest BCUT2D eigenvalue weighted by Gasteiger charge is -2.14. The predicted molar refractivity (Wildman–Crippen MR) is 104 cm³/mol. The van der Waals surface area contributed by atoms with Gasteiger partial charge in [0.15, 0.2) is 5.52 Å². The molecule has 134 valence electrons. The lowest BCUT2D eigenvalue weighted by Crippen LogP contribution is -2.40. The van der Waals surface area contributed by atoms with Gasteiger partial charge in [-0.25, -0.2) is 9.78 Å². The third-order valence-electron chi connectivity index (χ3n) is 4.28. The number of pyridine rings is 2. The van der Waals surface area contributed by atoms with E-state index in [1.807, 2.05) is 18.2 Å². The highest BCUT2D eigenvalue weighted by molar-refractivity contribution is 6.30. The second kappa shape index (κ2) is 7.17. The number of halogens is 1. The van der Waals surface area contributed by atoms with Crippen LogP contribution in [-0.2, 0) is 13.1 Å². The Labute approximate surface area is 159 Å². The Balaban J connectivity index is 1.92. The van der Waals surface area contributed by atoms with E-state index in [-0.39, 0.29) is 18.6 Å². The number of fused-ring (bicyclic) bond motifs is 1. The molecule has 0 radical (unpaired) electrons. The van der Waals surface area contributed by atoms with Gasteiger partial charge in [0.1, 0.15) is 0 Å². The Morgan fingerprint density at radius 2 is 1.67 bits per heavy atom. The molecule has 0 N–H and O–H groups in total. The molecule has 4 rings (SSSR count). The van der Waals surface area contributed by atoms with Gasteiger partial charge in [-0.2, -0.15) is 0 Å². The molecule has 6 nitrogen and oxygen atoms in total. The zero-order chi connectivity index (χ0) is 18.8. The van der Waals surface area contributed by atoms with Crippen molar-refractivity contribution in [1.29, 1.82) is 0 Å². The Morgan fingerprint density at radius 1 is 0.889 bits per heavy atom. The summed E-state index contributed by atoms with van der Waals surface area (Å²) in [4.78, 5) is 34.3. The van der Waals surface area contributed by atoms with E-state index in [4.69, 9.17) is 11.6 Å². The van der Waals surface area contributed by atoms with Gasteiger partial charge in [-0.15, -0.1) is 0 Å². The molecule has 0 atom stereocenters. The first-order chi connectivity index (χ1) is 13.1. The van der Waals surface area contributed by atoms with Crippen LogP contribution in [0.3, 0.4) is 0 Å². The van der Waals surface area contributed by atoms with Crippen molar-refractivity contribution in [3.8, 4) is 0 Å². The van der Waals surface area contributed by atoms with E-state index in [9.17, 15) is 9.59 Å². The average molecular weight is 379 g/mol.